The molecule has 1 aromatic heterocycles. The summed E-state index contributed by atoms with van der Waals surface area (Å²) in [6.45, 7) is 2.16. The number of rotatable bonds is 1. The zero-order valence-corrected chi connectivity index (χ0v) is 10.8. The van der Waals surface area contributed by atoms with Crippen LogP contribution in [0.15, 0.2) is 18.2 Å². The highest BCUT2D eigenvalue weighted by molar-refractivity contribution is 5.86. The number of nitrogens with zero attached hydrogens (tertiary/aromatic N) is 1. The number of hydrogen-bond donors (Lipinski definition) is 0. The molecule has 1 aliphatic carbocycles. The first-order valence-electron chi connectivity index (χ1n) is 6.30. The van der Waals surface area contributed by atoms with Gasteiger partial charge in [-0.2, -0.15) is 0 Å². The monoisotopic (exact) mass is 229 g/mol. The molecule has 1 heterocycles. The summed E-state index contributed by atoms with van der Waals surface area (Å²) < 4.78 is 7.88. The minimum Gasteiger partial charge on any atom is -0.381 e. The molecular formula is C15H19NO. The second kappa shape index (κ2) is 3.88. The van der Waals surface area contributed by atoms with Crippen LogP contribution < -0.4 is 0 Å². The van der Waals surface area contributed by atoms with E-state index in [9.17, 15) is 0 Å². The number of aromatic nitrogens is 1. The Morgan fingerprint density at radius 2 is 2.18 bits per heavy atom. The highest BCUT2D eigenvalue weighted by atomic mass is 16.5. The average molecular weight is 229 g/mol. The maximum absolute atomic E-state index is 5.53. The molecule has 90 valence electrons. The van der Waals surface area contributed by atoms with Gasteiger partial charge >= 0.3 is 0 Å². The van der Waals surface area contributed by atoms with Gasteiger partial charge in [0, 0.05) is 37.2 Å². The van der Waals surface area contributed by atoms with Crippen molar-refractivity contribution in [2.75, 3.05) is 7.11 Å². The standard InChI is InChI=1S/C15H19NO/c1-10-4-6-14-12(8-10)13-9-11(17-3)5-7-15(13)16(14)2/h4,6,8,11H,5,7,9H2,1-3H3. The Bertz CT molecular complexity index is 568. The van der Waals surface area contributed by atoms with E-state index in [2.05, 4.69) is 36.7 Å². The Morgan fingerprint density at radius 3 is 2.94 bits per heavy atom. The molecule has 1 atom stereocenters. The summed E-state index contributed by atoms with van der Waals surface area (Å²) in [6, 6.07) is 6.75. The Balaban J connectivity index is 2.23. The SMILES string of the molecule is COC1CCc2c(c3cc(C)ccc3n2C)C1. The van der Waals surface area contributed by atoms with Crippen molar-refractivity contribution < 1.29 is 4.74 Å². The molecule has 0 radical (unpaired) electrons. The molecule has 2 aromatic rings. The fourth-order valence-corrected chi connectivity index (χ4v) is 3.06. The molecule has 0 bridgehead atoms. The molecule has 1 unspecified atom stereocenters. The van der Waals surface area contributed by atoms with Crippen LogP contribution in [0.4, 0.5) is 0 Å². The number of aryl methyl sites for hydroxylation is 2. The molecule has 0 spiro atoms. The fourth-order valence-electron chi connectivity index (χ4n) is 3.06. The summed E-state index contributed by atoms with van der Waals surface area (Å²) in [5.41, 5.74) is 5.70. The second-order valence-electron chi connectivity index (χ2n) is 5.11. The van der Waals surface area contributed by atoms with Gasteiger partial charge in [0.25, 0.3) is 0 Å². The van der Waals surface area contributed by atoms with Gasteiger partial charge in [-0.1, -0.05) is 11.6 Å². The lowest BCUT2D eigenvalue weighted by molar-refractivity contribution is 0.0908. The topological polar surface area (TPSA) is 14.2 Å². The Labute approximate surface area is 102 Å². The summed E-state index contributed by atoms with van der Waals surface area (Å²) in [5.74, 6) is 0. The van der Waals surface area contributed by atoms with E-state index in [4.69, 9.17) is 4.74 Å². The molecule has 0 aliphatic heterocycles. The van der Waals surface area contributed by atoms with Crippen LogP contribution in [0, 0.1) is 6.92 Å². The molecule has 0 fully saturated rings. The van der Waals surface area contributed by atoms with Gasteiger partial charge in [0.1, 0.15) is 0 Å². The average Bonchev–Trinajstić information content (AvgIpc) is 2.62. The van der Waals surface area contributed by atoms with Crippen LogP contribution in [0.2, 0.25) is 0 Å². The van der Waals surface area contributed by atoms with Crippen LogP contribution in [-0.4, -0.2) is 17.8 Å². The minimum atomic E-state index is 0.397. The van der Waals surface area contributed by atoms with Gasteiger partial charge in [-0.3, -0.25) is 0 Å². The van der Waals surface area contributed by atoms with Crippen LogP contribution in [0.5, 0.6) is 0 Å². The number of hydrogen-bond acceptors (Lipinski definition) is 1. The third-order valence-corrected chi connectivity index (χ3v) is 4.06. The fraction of sp³-hybridized carbons (Fsp3) is 0.467. The predicted octanol–water partition coefficient (Wildman–Crippen LogP) is 2.99. The van der Waals surface area contributed by atoms with Gasteiger partial charge in [0.05, 0.1) is 6.10 Å². The molecular weight excluding hydrogens is 210 g/mol. The first-order chi connectivity index (χ1) is 8.20. The predicted molar refractivity (Wildman–Crippen MR) is 70.5 cm³/mol. The molecule has 1 aromatic carbocycles. The normalized spacial score (nSPS) is 19.6. The lowest BCUT2D eigenvalue weighted by atomic mass is 9.93. The van der Waals surface area contributed by atoms with Gasteiger partial charge in [-0.05, 0) is 37.5 Å². The van der Waals surface area contributed by atoms with Crippen molar-refractivity contribution in [2.24, 2.45) is 7.05 Å². The molecule has 0 amide bonds. The molecule has 0 saturated carbocycles. The number of ether oxygens (including phenoxy) is 1. The van der Waals surface area contributed by atoms with Crippen molar-refractivity contribution in [1.29, 1.82) is 0 Å². The van der Waals surface area contributed by atoms with Gasteiger partial charge < -0.3 is 9.30 Å². The Morgan fingerprint density at radius 1 is 1.35 bits per heavy atom. The van der Waals surface area contributed by atoms with E-state index in [1.165, 1.54) is 27.7 Å². The number of benzene rings is 1. The van der Waals surface area contributed by atoms with Crippen molar-refractivity contribution in [2.45, 2.75) is 32.3 Å². The van der Waals surface area contributed by atoms with Crippen molar-refractivity contribution in [3.8, 4) is 0 Å². The smallest absolute Gasteiger partial charge is 0.0616 e. The lowest BCUT2D eigenvalue weighted by Gasteiger charge is -2.22. The van der Waals surface area contributed by atoms with Crippen LogP contribution in [-0.2, 0) is 24.6 Å². The first-order valence-corrected chi connectivity index (χ1v) is 6.30. The highest BCUT2D eigenvalue weighted by Gasteiger charge is 2.23. The zero-order chi connectivity index (χ0) is 12.0. The van der Waals surface area contributed by atoms with E-state index in [0.29, 0.717) is 6.10 Å². The zero-order valence-electron chi connectivity index (χ0n) is 10.8. The van der Waals surface area contributed by atoms with Gasteiger partial charge in [0.15, 0.2) is 0 Å². The lowest BCUT2D eigenvalue weighted by Crippen LogP contribution is -2.21. The van der Waals surface area contributed by atoms with E-state index >= 15 is 0 Å². The summed E-state index contributed by atoms with van der Waals surface area (Å²) in [4.78, 5) is 0. The maximum atomic E-state index is 5.53. The quantitative estimate of drug-likeness (QED) is 0.733. The third kappa shape index (κ3) is 1.59. The first kappa shape index (κ1) is 10.8. The van der Waals surface area contributed by atoms with E-state index in [1.807, 2.05) is 7.11 Å². The van der Waals surface area contributed by atoms with Crippen molar-refractivity contribution in [3.63, 3.8) is 0 Å². The summed E-state index contributed by atoms with van der Waals surface area (Å²) in [7, 11) is 4.01. The van der Waals surface area contributed by atoms with E-state index in [-0.39, 0.29) is 0 Å². The summed E-state index contributed by atoms with van der Waals surface area (Å²) in [5, 5.41) is 1.42. The van der Waals surface area contributed by atoms with E-state index in [0.717, 1.165) is 19.3 Å². The Hall–Kier alpha value is -1.28. The van der Waals surface area contributed by atoms with E-state index < -0.39 is 0 Å². The molecule has 0 N–H and O–H groups in total. The van der Waals surface area contributed by atoms with Gasteiger partial charge in [-0.15, -0.1) is 0 Å². The number of methoxy groups -OCH3 is 1. The van der Waals surface area contributed by atoms with Crippen molar-refractivity contribution >= 4 is 10.9 Å². The molecule has 0 saturated heterocycles. The minimum absolute atomic E-state index is 0.397. The van der Waals surface area contributed by atoms with Crippen LogP contribution in [0.25, 0.3) is 10.9 Å². The second-order valence-corrected chi connectivity index (χ2v) is 5.11. The third-order valence-electron chi connectivity index (χ3n) is 4.06. The largest absolute Gasteiger partial charge is 0.381 e. The molecule has 2 heteroatoms. The molecule has 2 nitrogen and oxygen atoms in total. The Kier molecular flexibility index (Phi) is 2.48. The van der Waals surface area contributed by atoms with Crippen LogP contribution >= 0.6 is 0 Å². The van der Waals surface area contributed by atoms with Gasteiger partial charge in [0.2, 0.25) is 0 Å². The summed E-state index contributed by atoms with van der Waals surface area (Å²) >= 11 is 0. The highest BCUT2D eigenvalue weighted by Crippen LogP contribution is 2.32. The molecule has 3 rings (SSSR count). The number of fused-ring (bicyclic) bond motifs is 3. The maximum Gasteiger partial charge on any atom is 0.0616 e. The summed E-state index contributed by atoms with van der Waals surface area (Å²) in [6.07, 6.45) is 3.74. The molecule has 17 heavy (non-hydrogen) atoms. The van der Waals surface area contributed by atoms with Crippen LogP contribution in [0.3, 0.4) is 0 Å². The van der Waals surface area contributed by atoms with Crippen molar-refractivity contribution in [1.82, 2.24) is 4.57 Å². The van der Waals surface area contributed by atoms with Crippen LogP contribution in [0.1, 0.15) is 23.2 Å². The van der Waals surface area contributed by atoms with Crippen molar-refractivity contribution in [3.05, 3.63) is 35.0 Å². The molecule has 1 aliphatic rings. The van der Waals surface area contributed by atoms with Gasteiger partial charge in [-0.25, -0.2) is 0 Å². The van der Waals surface area contributed by atoms with E-state index in [1.54, 1.807) is 0 Å².